The van der Waals surface area contributed by atoms with Gasteiger partial charge in [-0.15, -0.1) is 0 Å². The fourth-order valence-electron chi connectivity index (χ4n) is 4.94. The lowest BCUT2D eigenvalue weighted by Crippen LogP contribution is -2.31. The first-order chi connectivity index (χ1) is 18.5. The van der Waals surface area contributed by atoms with Gasteiger partial charge in [0.1, 0.15) is 5.52 Å². The van der Waals surface area contributed by atoms with Gasteiger partial charge in [-0.05, 0) is 73.1 Å². The summed E-state index contributed by atoms with van der Waals surface area (Å²) in [5.74, 6) is -0.486. The van der Waals surface area contributed by atoms with E-state index in [0.717, 1.165) is 37.0 Å². The number of rotatable bonds is 8. The van der Waals surface area contributed by atoms with Gasteiger partial charge in [0.2, 0.25) is 5.82 Å². The molecule has 2 N–H and O–H groups in total. The lowest BCUT2D eigenvalue weighted by molar-refractivity contribution is -0.137. The Balaban J connectivity index is 1.69. The van der Waals surface area contributed by atoms with Crippen molar-refractivity contribution in [3.8, 4) is 11.4 Å². The summed E-state index contributed by atoms with van der Waals surface area (Å²) in [5, 5.41) is 13.2. The van der Waals surface area contributed by atoms with E-state index in [0.29, 0.717) is 39.7 Å². The Labute approximate surface area is 224 Å². The number of nitrogens with zero attached hydrogens (tertiary/aromatic N) is 4. The molecule has 10 heteroatoms. The van der Waals surface area contributed by atoms with Gasteiger partial charge in [-0.1, -0.05) is 32.4 Å². The molecule has 1 atom stereocenters. The smallest absolute Gasteiger partial charge is 0.416 e. The molecule has 3 heterocycles. The van der Waals surface area contributed by atoms with Crippen LogP contribution in [-0.2, 0) is 12.7 Å². The van der Waals surface area contributed by atoms with E-state index in [-0.39, 0.29) is 24.3 Å². The lowest BCUT2D eigenvalue weighted by atomic mass is 9.80. The largest absolute Gasteiger partial charge is 0.475 e. The van der Waals surface area contributed by atoms with E-state index in [1.807, 2.05) is 16.7 Å². The van der Waals surface area contributed by atoms with E-state index in [1.165, 1.54) is 12.1 Å². The van der Waals surface area contributed by atoms with Crippen LogP contribution in [0.15, 0.2) is 48.7 Å². The normalized spacial score (nSPS) is 14.9. The second-order valence-corrected chi connectivity index (χ2v) is 10.5. The van der Waals surface area contributed by atoms with Crippen LogP contribution in [0.2, 0.25) is 0 Å². The van der Waals surface area contributed by atoms with Crippen molar-refractivity contribution in [3.05, 3.63) is 71.2 Å². The van der Waals surface area contributed by atoms with Crippen molar-refractivity contribution in [1.82, 2.24) is 19.5 Å². The fourth-order valence-corrected chi connectivity index (χ4v) is 4.94. The third-order valence-corrected chi connectivity index (χ3v) is 7.49. The minimum absolute atomic E-state index is 0.0544. The van der Waals surface area contributed by atoms with Crippen LogP contribution >= 0.6 is 0 Å². The number of alkyl halides is 3. The predicted octanol–water partition coefficient (Wildman–Crippen LogP) is 6.98. The maximum Gasteiger partial charge on any atom is 0.416 e. The molecule has 0 spiro atoms. The lowest BCUT2D eigenvalue weighted by Gasteiger charge is -2.32. The summed E-state index contributed by atoms with van der Waals surface area (Å²) in [6, 6.07) is 10.8. The Morgan fingerprint density at radius 3 is 2.41 bits per heavy atom. The minimum Gasteiger partial charge on any atom is -0.475 e. The molecular weight excluding hydrogens is 507 g/mol. The fraction of sp³-hybridized carbons (Fsp3) is 0.379. The Morgan fingerprint density at radius 2 is 1.82 bits per heavy atom. The van der Waals surface area contributed by atoms with Crippen LogP contribution < -0.4 is 5.32 Å². The zero-order chi connectivity index (χ0) is 27.9. The van der Waals surface area contributed by atoms with Crippen LogP contribution in [0.1, 0.15) is 73.3 Å². The highest BCUT2D eigenvalue weighted by atomic mass is 19.4. The molecule has 3 aromatic heterocycles. The minimum atomic E-state index is -4.43. The van der Waals surface area contributed by atoms with Gasteiger partial charge < -0.3 is 15.0 Å². The number of carbonyl (C=O) groups is 1. The summed E-state index contributed by atoms with van der Waals surface area (Å²) >= 11 is 0. The number of nitrogens with one attached hydrogen (secondary N) is 1. The van der Waals surface area contributed by atoms with Crippen molar-refractivity contribution >= 4 is 22.8 Å². The Bertz CT molecular complexity index is 1510. The van der Waals surface area contributed by atoms with Crippen LogP contribution in [0, 0.1) is 5.92 Å². The molecular formula is C29H30F3N5O2. The van der Waals surface area contributed by atoms with Gasteiger partial charge in [0.25, 0.3) is 0 Å². The van der Waals surface area contributed by atoms with E-state index in [1.54, 1.807) is 12.3 Å². The molecule has 1 fully saturated rings. The Morgan fingerprint density at radius 1 is 1.10 bits per heavy atom. The number of aromatic nitrogens is 4. The highest BCUT2D eigenvalue weighted by Crippen LogP contribution is 2.36. The van der Waals surface area contributed by atoms with E-state index in [2.05, 4.69) is 41.0 Å². The van der Waals surface area contributed by atoms with Crippen LogP contribution in [0.25, 0.3) is 22.4 Å². The van der Waals surface area contributed by atoms with Gasteiger partial charge in [0.15, 0.2) is 5.82 Å². The first kappa shape index (κ1) is 26.6. The van der Waals surface area contributed by atoms with Crippen molar-refractivity contribution in [3.63, 3.8) is 0 Å². The summed E-state index contributed by atoms with van der Waals surface area (Å²) in [6.45, 7) is 6.42. The number of fused-ring (bicyclic) bond motifs is 1. The number of carboxylic acid groups (broad SMARTS) is 1. The second-order valence-electron chi connectivity index (χ2n) is 10.5. The molecule has 4 aromatic rings. The van der Waals surface area contributed by atoms with E-state index in [9.17, 15) is 23.1 Å². The molecule has 1 aromatic carbocycles. The van der Waals surface area contributed by atoms with Gasteiger partial charge in [-0.25, -0.2) is 14.8 Å². The van der Waals surface area contributed by atoms with E-state index in [4.69, 9.17) is 0 Å². The average molecular weight is 538 g/mol. The third-order valence-electron chi connectivity index (χ3n) is 7.49. The number of hydrogen-bond donors (Lipinski definition) is 2. The van der Waals surface area contributed by atoms with Gasteiger partial charge in [-0.3, -0.25) is 4.98 Å². The van der Waals surface area contributed by atoms with Crippen LogP contribution in [-0.4, -0.2) is 36.6 Å². The molecule has 0 unspecified atom stereocenters. The van der Waals surface area contributed by atoms with Crippen LogP contribution in [0.3, 0.4) is 0 Å². The Hall–Kier alpha value is -3.95. The number of halogens is 3. The number of anilines is 1. The van der Waals surface area contributed by atoms with Crippen molar-refractivity contribution in [2.45, 2.75) is 64.7 Å². The van der Waals surface area contributed by atoms with Crippen LogP contribution in [0.4, 0.5) is 19.0 Å². The standard InChI is InChI=1S/C29H30F3N5O2/c1-16(2)20-11-12-33-22(13-20)24-14-23-25(37(24)15-18-7-9-21(10-8-18)29(30,31)32)26(36-27(35-23)28(38)39)34-17(3)19-5-4-6-19/h7-14,16-17,19H,4-6,15H2,1-3H3,(H,38,39)(H,34,35,36)/t17-/m1/s1. The number of carboxylic acids is 1. The third kappa shape index (κ3) is 5.46. The molecule has 1 saturated carbocycles. The number of pyridine rings is 1. The summed E-state index contributed by atoms with van der Waals surface area (Å²) in [4.78, 5) is 25.2. The zero-order valence-corrected chi connectivity index (χ0v) is 22.0. The summed E-state index contributed by atoms with van der Waals surface area (Å²) in [6.07, 6.45) is 0.607. The van der Waals surface area contributed by atoms with Crippen molar-refractivity contribution in [1.29, 1.82) is 0 Å². The second kappa shape index (κ2) is 10.3. The highest BCUT2D eigenvalue weighted by molar-refractivity contribution is 5.95. The molecule has 7 nitrogen and oxygen atoms in total. The molecule has 0 bridgehead atoms. The van der Waals surface area contributed by atoms with Crippen molar-refractivity contribution in [2.75, 3.05) is 5.32 Å². The molecule has 1 aliphatic carbocycles. The molecule has 0 radical (unpaired) electrons. The van der Waals surface area contributed by atoms with E-state index < -0.39 is 17.7 Å². The van der Waals surface area contributed by atoms with Gasteiger partial charge >= 0.3 is 12.1 Å². The molecule has 39 heavy (non-hydrogen) atoms. The van der Waals surface area contributed by atoms with Gasteiger partial charge in [0.05, 0.1) is 22.5 Å². The quantitative estimate of drug-likeness (QED) is 0.252. The molecule has 0 aliphatic heterocycles. The monoisotopic (exact) mass is 537 g/mol. The number of benzene rings is 1. The molecule has 0 saturated heterocycles. The maximum atomic E-state index is 13.2. The zero-order valence-electron chi connectivity index (χ0n) is 22.0. The van der Waals surface area contributed by atoms with Gasteiger partial charge in [-0.2, -0.15) is 13.2 Å². The first-order valence-corrected chi connectivity index (χ1v) is 13.0. The predicted molar refractivity (Wildman–Crippen MR) is 143 cm³/mol. The molecule has 204 valence electrons. The summed E-state index contributed by atoms with van der Waals surface area (Å²) in [5.41, 5.74) is 3.32. The molecule has 0 amide bonds. The number of aromatic carboxylic acids is 1. The maximum absolute atomic E-state index is 13.2. The van der Waals surface area contributed by atoms with E-state index >= 15 is 0 Å². The summed E-state index contributed by atoms with van der Waals surface area (Å²) < 4.78 is 41.5. The summed E-state index contributed by atoms with van der Waals surface area (Å²) in [7, 11) is 0. The average Bonchev–Trinajstić information content (AvgIpc) is 3.21. The molecule has 1 aliphatic rings. The van der Waals surface area contributed by atoms with Crippen molar-refractivity contribution < 1.29 is 23.1 Å². The highest BCUT2D eigenvalue weighted by Gasteiger charge is 2.30. The van der Waals surface area contributed by atoms with Gasteiger partial charge in [0, 0.05) is 18.8 Å². The topological polar surface area (TPSA) is 92.9 Å². The molecule has 5 rings (SSSR count). The van der Waals surface area contributed by atoms with Crippen LogP contribution in [0.5, 0.6) is 0 Å². The first-order valence-electron chi connectivity index (χ1n) is 13.0. The number of hydrogen-bond acceptors (Lipinski definition) is 5. The SMILES string of the molecule is CC(C)c1ccnc(-c2cc3nc(C(=O)O)nc(N[C@H](C)C4CCC4)c3n2Cc2ccc(C(F)(F)F)cc2)c1. The Kier molecular flexibility index (Phi) is 7.05. The van der Waals surface area contributed by atoms with Crippen molar-refractivity contribution in [2.24, 2.45) is 5.92 Å².